The van der Waals surface area contributed by atoms with Crippen LogP contribution in [0.2, 0.25) is 0 Å². The topological polar surface area (TPSA) is 98.7 Å². The third kappa shape index (κ3) is 4.47. The Hall–Kier alpha value is -2.71. The smallest absolute Gasteiger partial charge is 0.320 e. The van der Waals surface area contributed by atoms with E-state index in [1.54, 1.807) is 0 Å². The van der Waals surface area contributed by atoms with Gasteiger partial charge >= 0.3 is 5.97 Å². The quantitative estimate of drug-likeness (QED) is 0.434. The number of carboxylic acids is 1. The zero-order valence-corrected chi connectivity index (χ0v) is 15.0. The maximum Gasteiger partial charge on any atom is 0.320 e. The Kier molecular flexibility index (Phi) is 5.98. The summed E-state index contributed by atoms with van der Waals surface area (Å²) in [6, 6.07) is 11.1. The summed E-state index contributed by atoms with van der Waals surface area (Å²) in [4.78, 5) is 14.5. The molecule has 0 radical (unpaired) electrons. The van der Waals surface area contributed by atoms with Crippen LogP contribution in [0, 0.1) is 4.77 Å². The predicted octanol–water partition coefficient (Wildman–Crippen LogP) is 2.96. The largest absolute Gasteiger partial charge is 0.480 e. The molecule has 0 saturated carbocycles. The molecule has 0 unspecified atom stereocenters. The number of nitrogens with one attached hydrogen (secondary N) is 3. The average molecular weight is 371 g/mol. The van der Waals surface area contributed by atoms with Crippen molar-refractivity contribution in [2.45, 2.75) is 32.0 Å². The zero-order chi connectivity index (χ0) is 18.4. The van der Waals surface area contributed by atoms with Gasteiger partial charge in [-0.25, -0.2) is 0 Å². The van der Waals surface area contributed by atoms with Crippen molar-refractivity contribution in [3.8, 4) is 11.4 Å². The maximum atomic E-state index is 11.5. The molecule has 0 bridgehead atoms. The van der Waals surface area contributed by atoms with Crippen molar-refractivity contribution in [3.05, 3.63) is 59.1 Å². The minimum Gasteiger partial charge on any atom is -0.480 e. The first kappa shape index (κ1) is 18.1. The van der Waals surface area contributed by atoms with E-state index in [-0.39, 0.29) is 0 Å². The van der Waals surface area contributed by atoms with Gasteiger partial charge in [-0.3, -0.25) is 9.89 Å². The third-order valence-corrected chi connectivity index (χ3v) is 4.49. The summed E-state index contributed by atoms with van der Waals surface area (Å²) in [5.74, 6) is -0.0811. The molecule has 0 aliphatic rings. The number of aliphatic carboxylic acids is 1. The van der Waals surface area contributed by atoms with E-state index in [4.69, 9.17) is 12.2 Å². The molecule has 7 nitrogen and oxygen atoms in total. The van der Waals surface area contributed by atoms with E-state index in [0.29, 0.717) is 30.7 Å². The number of aromatic nitrogens is 4. The van der Waals surface area contributed by atoms with E-state index in [1.807, 2.05) is 53.4 Å². The second kappa shape index (κ2) is 8.59. The lowest BCUT2D eigenvalue weighted by Crippen LogP contribution is -2.36. The van der Waals surface area contributed by atoms with Gasteiger partial charge in [-0.15, -0.1) is 0 Å². The first-order chi connectivity index (χ1) is 12.6. The summed E-state index contributed by atoms with van der Waals surface area (Å²) in [6.45, 7) is 1.12. The first-order valence-corrected chi connectivity index (χ1v) is 8.84. The lowest BCUT2D eigenvalue weighted by molar-refractivity contribution is -0.139. The molecule has 136 valence electrons. The van der Waals surface area contributed by atoms with Gasteiger partial charge in [-0.2, -0.15) is 5.10 Å². The normalized spacial score (nSPS) is 12.2. The van der Waals surface area contributed by atoms with Crippen molar-refractivity contribution >= 4 is 18.2 Å². The molecular weight excluding hydrogens is 350 g/mol. The Labute approximate surface area is 156 Å². The number of nitrogens with zero attached hydrogens (tertiary/aromatic N) is 2. The fourth-order valence-corrected chi connectivity index (χ4v) is 3.03. The highest BCUT2D eigenvalue weighted by atomic mass is 32.1. The average Bonchev–Trinajstić information content (AvgIpc) is 3.28. The number of hydrogen-bond donors (Lipinski definition) is 4. The number of benzene rings is 1. The van der Waals surface area contributed by atoms with Crippen LogP contribution in [0.3, 0.4) is 0 Å². The molecule has 0 fully saturated rings. The molecule has 1 aromatic carbocycles. The van der Waals surface area contributed by atoms with Gasteiger partial charge in [0.1, 0.15) is 6.04 Å². The molecule has 1 atom stereocenters. The van der Waals surface area contributed by atoms with E-state index in [1.165, 1.54) is 0 Å². The molecule has 4 N–H and O–H groups in total. The molecule has 0 saturated heterocycles. The number of aromatic amines is 2. The minimum atomic E-state index is -0.848. The van der Waals surface area contributed by atoms with Gasteiger partial charge in [0.25, 0.3) is 0 Å². The molecule has 8 heteroatoms. The maximum absolute atomic E-state index is 11.5. The predicted molar refractivity (Wildman–Crippen MR) is 101 cm³/mol. The van der Waals surface area contributed by atoms with Gasteiger partial charge in [-0.1, -0.05) is 30.3 Å². The van der Waals surface area contributed by atoms with Crippen LogP contribution in [0.1, 0.15) is 18.4 Å². The fourth-order valence-electron chi connectivity index (χ4n) is 2.81. The lowest BCUT2D eigenvalue weighted by atomic mass is 10.1. The van der Waals surface area contributed by atoms with Crippen LogP contribution >= 0.6 is 12.2 Å². The van der Waals surface area contributed by atoms with Crippen LogP contribution in [-0.4, -0.2) is 36.9 Å². The van der Waals surface area contributed by atoms with Crippen LogP contribution < -0.4 is 5.32 Å². The number of H-pyrrole nitrogens is 2. The van der Waals surface area contributed by atoms with Crippen molar-refractivity contribution < 1.29 is 9.90 Å². The van der Waals surface area contributed by atoms with Gasteiger partial charge in [0.2, 0.25) is 0 Å². The second-order valence-electron chi connectivity index (χ2n) is 6.00. The highest BCUT2D eigenvalue weighted by molar-refractivity contribution is 7.71. The number of rotatable bonds is 9. The SMILES string of the molecule is O=C(O)[C@H](CCCn1c(-c2ccccc2)n[nH]c1=S)NCc1cc[nH]c1. The summed E-state index contributed by atoms with van der Waals surface area (Å²) in [5, 5.41) is 19.6. The van der Waals surface area contributed by atoms with Crippen LogP contribution in [0.25, 0.3) is 11.4 Å². The Balaban J connectivity index is 1.60. The summed E-state index contributed by atoms with van der Waals surface area (Å²) in [7, 11) is 0. The number of carbonyl (C=O) groups is 1. The van der Waals surface area contributed by atoms with Crippen molar-refractivity contribution in [2.24, 2.45) is 0 Å². The Morgan fingerprint density at radius 1 is 1.31 bits per heavy atom. The molecule has 0 spiro atoms. The van der Waals surface area contributed by atoms with Crippen LogP contribution in [0.5, 0.6) is 0 Å². The van der Waals surface area contributed by atoms with E-state index in [9.17, 15) is 9.90 Å². The van der Waals surface area contributed by atoms with Crippen LogP contribution in [0.15, 0.2) is 48.8 Å². The molecule has 26 heavy (non-hydrogen) atoms. The Morgan fingerprint density at radius 3 is 2.81 bits per heavy atom. The van der Waals surface area contributed by atoms with Gasteiger partial charge < -0.3 is 20.0 Å². The molecule has 3 aromatic rings. The minimum absolute atomic E-state index is 0.501. The van der Waals surface area contributed by atoms with E-state index in [0.717, 1.165) is 17.0 Å². The van der Waals surface area contributed by atoms with Crippen molar-refractivity contribution in [3.63, 3.8) is 0 Å². The lowest BCUT2D eigenvalue weighted by Gasteiger charge is -2.14. The molecule has 0 aliphatic carbocycles. The monoisotopic (exact) mass is 371 g/mol. The van der Waals surface area contributed by atoms with E-state index in [2.05, 4.69) is 20.5 Å². The highest BCUT2D eigenvalue weighted by Gasteiger charge is 2.17. The number of carboxylic acid groups (broad SMARTS) is 1. The van der Waals surface area contributed by atoms with Crippen LogP contribution in [-0.2, 0) is 17.9 Å². The van der Waals surface area contributed by atoms with E-state index < -0.39 is 12.0 Å². The van der Waals surface area contributed by atoms with Crippen molar-refractivity contribution in [2.75, 3.05) is 0 Å². The van der Waals surface area contributed by atoms with Gasteiger partial charge in [0, 0.05) is 31.0 Å². The van der Waals surface area contributed by atoms with E-state index >= 15 is 0 Å². The summed E-state index contributed by atoms with van der Waals surface area (Å²) in [6.07, 6.45) is 4.84. The van der Waals surface area contributed by atoms with Crippen molar-refractivity contribution in [1.29, 1.82) is 0 Å². The summed E-state index contributed by atoms with van der Waals surface area (Å²) >= 11 is 5.32. The molecular formula is C18H21N5O2S. The second-order valence-corrected chi connectivity index (χ2v) is 6.39. The standard InChI is InChI=1S/C18H21N5O2S/c24-17(25)15(20-12-13-8-9-19-11-13)7-4-10-23-16(21-22-18(23)26)14-5-2-1-3-6-14/h1-3,5-6,8-9,11,15,19-20H,4,7,10,12H2,(H,22,26)(H,24,25)/t15-/m0/s1. The zero-order valence-electron chi connectivity index (χ0n) is 14.2. The van der Waals surface area contributed by atoms with Crippen molar-refractivity contribution in [1.82, 2.24) is 25.1 Å². The fraction of sp³-hybridized carbons (Fsp3) is 0.278. The molecule has 2 heterocycles. The summed E-state index contributed by atoms with van der Waals surface area (Å²) in [5.41, 5.74) is 2.00. The van der Waals surface area contributed by atoms with Gasteiger partial charge in [0.05, 0.1) is 0 Å². The molecule has 2 aromatic heterocycles. The van der Waals surface area contributed by atoms with Crippen LogP contribution in [0.4, 0.5) is 0 Å². The summed E-state index contributed by atoms with van der Waals surface area (Å²) < 4.78 is 2.45. The molecule has 0 aliphatic heterocycles. The van der Waals surface area contributed by atoms with Gasteiger partial charge in [0.15, 0.2) is 10.6 Å². The third-order valence-electron chi connectivity index (χ3n) is 4.18. The van der Waals surface area contributed by atoms with Gasteiger partial charge in [-0.05, 0) is 36.7 Å². The Morgan fingerprint density at radius 2 is 2.12 bits per heavy atom. The number of hydrogen-bond acceptors (Lipinski definition) is 4. The molecule has 0 amide bonds. The molecule has 3 rings (SSSR count). The Bertz CT molecular complexity index is 886. The first-order valence-electron chi connectivity index (χ1n) is 8.43. The highest BCUT2D eigenvalue weighted by Crippen LogP contribution is 2.17.